The maximum absolute atomic E-state index is 12.0. The van der Waals surface area contributed by atoms with E-state index in [9.17, 15) is 4.79 Å². The lowest BCUT2D eigenvalue weighted by Crippen LogP contribution is -2.23. The summed E-state index contributed by atoms with van der Waals surface area (Å²) in [5, 5.41) is 5.30. The average Bonchev–Trinajstić information content (AvgIpc) is 2.59. The fourth-order valence-electron chi connectivity index (χ4n) is 2.62. The minimum atomic E-state index is -0.131. The van der Waals surface area contributed by atoms with Gasteiger partial charge in [-0.05, 0) is 62.8 Å². The number of nitrogens with one attached hydrogen (secondary N) is 1. The molecule has 1 atom stereocenters. The predicted molar refractivity (Wildman–Crippen MR) is 108 cm³/mol. The van der Waals surface area contributed by atoms with Gasteiger partial charge in [-0.1, -0.05) is 41.4 Å². The fraction of sp³-hybridized carbons (Fsp3) is 0.400. The van der Waals surface area contributed by atoms with E-state index in [0.29, 0.717) is 41.2 Å². The molecule has 0 bridgehead atoms. The SMILES string of the molecule is C=C(C)[C@H]1CC=C(C)C(=NNC(=O)CCCOc2ccc(Cl)cc2Cl)C1. The van der Waals surface area contributed by atoms with Gasteiger partial charge in [0.25, 0.3) is 0 Å². The maximum atomic E-state index is 12.0. The second-order valence-corrected chi connectivity index (χ2v) is 7.33. The molecule has 4 nitrogen and oxygen atoms in total. The molecule has 1 aromatic rings. The van der Waals surface area contributed by atoms with Crippen molar-refractivity contribution in [1.29, 1.82) is 0 Å². The van der Waals surface area contributed by atoms with E-state index in [1.54, 1.807) is 18.2 Å². The fourth-order valence-corrected chi connectivity index (χ4v) is 3.08. The largest absolute Gasteiger partial charge is 0.492 e. The number of carbonyl (C=O) groups excluding carboxylic acids is 1. The smallest absolute Gasteiger partial charge is 0.240 e. The van der Waals surface area contributed by atoms with E-state index in [2.05, 4.69) is 23.2 Å². The number of halogens is 2. The van der Waals surface area contributed by atoms with Crippen molar-refractivity contribution < 1.29 is 9.53 Å². The summed E-state index contributed by atoms with van der Waals surface area (Å²) in [4.78, 5) is 12.0. The number of amides is 1. The second kappa shape index (κ2) is 9.79. The molecule has 1 aromatic carbocycles. The van der Waals surface area contributed by atoms with Crippen LogP contribution in [0, 0.1) is 5.92 Å². The van der Waals surface area contributed by atoms with Gasteiger partial charge < -0.3 is 4.74 Å². The maximum Gasteiger partial charge on any atom is 0.240 e. The van der Waals surface area contributed by atoms with Gasteiger partial charge in [0.05, 0.1) is 17.3 Å². The van der Waals surface area contributed by atoms with Crippen molar-refractivity contribution in [2.75, 3.05) is 6.61 Å². The van der Waals surface area contributed by atoms with Gasteiger partial charge in [-0.25, -0.2) is 5.43 Å². The van der Waals surface area contributed by atoms with Gasteiger partial charge in [0.1, 0.15) is 5.75 Å². The van der Waals surface area contributed by atoms with Crippen LogP contribution < -0.4 is 10.2 Å². The molecule has 0 radical (unpaired) electrons. The highest BCUT2D eigenvalue weighted by Gasteiger charge is 2.18. The number of ether oxygens (including phenoxy) is 1. The summed E-state index contributed by atoms with van der Waals surface area (Å²) in [5.74, 6) is 0.825. The van der Waals surface area contributed by atoms with Gasteiger partial charge in [0.2, 0.25) is 5.91 Å². The van der Waals surface area contributed by atoms with Gasteiger partial charge >= 0.3 is 0 Å². The summed E-state index contributed by atoms with van der Waals surface area (Å²) >= 11 is 11.9. The normalized spacial score (nSPS) is 18.4. The third kappa shape index (κ3) is 6.19. The molecule has 1 amide bonds. The van der Waals surface area contributed by atoms with Crippen LogP contribution in [0.1, 0.15) is 39.5 Å². The first kappa shape index (κ1) is 20.5. The molecule has 0 aromatic heterocycles. The Morgan fingerprint density at radius 3 is 2.88 bits per heavy atom. The van der Waals surface area contributed by atoms with Crippen LogP contribution in [-0.4, -0.2) is 18.2 Å². The molecule has 0 heterocycles. The monoisotopic (exact) mass is 394 g/mol. The van der Waals surface area contributed by atoms with Crippen LogP contribution in [0.15, 0.2) is 47.1 Å². The number of benzene rings is 1. The number of hydrazone groups is 1. The number of rotatable bonds is 7. The zero-order valence-electron chi connectivity index (χ0n) is 15.1. The summed E-state index contributed by atoms with van der Waals surface area (Å²) in [7, 11) is 0. The molecular formula is C20H24Cl2N2O2. The molecule has 0 aliphatic heterocycles. The summed E-state index contributed by atoms with van der Waals surface area (Å²) in [5.41, 5.74) is 5.82. The molecule has 0 saturated heterocycles. The molecule has 0 saturated carbocycles. The lowest BCUT2D eigenvalue weighted by Gasteiger charge is -2.22. The van der Waals surface area contributed by atoms with Crippen LogP contribution in [-0.2, 0) is 4.79 Å². The molecule has 0 unspecified atom stereocenters. The van der Waals surface area contributed by atoms with Crippen LogP contribution in [0.5, 0.6) is 5.75 Å². The minimum Gasteiger partial charge on any atom is -0.492 e. The standard InChI is InChI=1S/C20H24Cl2N2O2/c1-13(2)15-7-6-14(3)18(11-15)23-24-20(25)5-4-10-26-19-9-8-16(21)12-17(19)22/h6,8-9,12,15H,1,4-5,7,10-11H2,2-3H3,(H,24,25)/t15-/m0/s1. The van der Waals surface area contributed by atoms with Gasteiger partial charge in [-0.2, -0.15) is 5.10 Å². The van der Waals surface area contributed by atoms with Crippen molar-refractivity contribution in [2.24, 2.45) is 11.0 Å². The molecule has 26 heavy (non-hydrogen) atoms. The molecular weight excluding hydrogens is 371 g/mol. The van der Waals surface area contributed by atoms with Crippen molar-refractivity contribution in [3.05, 3.63) is 52.0 Å². The zero-order chi connectivity index (χ0) is 19.1. The first-order valence-corrected chi connectivity index (χ1v) is 9.38. The average molecular weight is 395 g/mol. The third-order valence-corrected chi connectivity index (χ3v) is 4.85. The van der Waals surface area contributed by atoms with E-state index in [0.717, 1.165) is 29.7 Å². The summed E-state index contributed by atoms with van der Waals surface area (Å²) in [6.45, 7) is 8.46. The van der Waals surface area contributed by atoms with Gasteiger partial charge in [-0.3, -0.25) is 4.79 Å². The molecule has 0 spiro atoms. The van der Waals surface area contributed by atoms with Crippen molar-refractivity contribution >= 4 is 34.8 Å². The second-order valence-electron chi connectivity index (χ2n) is 6.49. The highest BCUT2D eigenvalue weighted by atomic mass is 35.5. The van der Waals surface area contributed by atoms with Gasteiger partial charge in [0.15, 0.2) is 0 Å². The number of nitrogens with zero attached hydrogens (tertiary/aromatic N) is 1. The molecule has 1 aliphatic rings. The molecule has 0 fully saturated rings. The van der Waals surface area contributed by atoms with E-state index in [1.165, 1.54) is 0 Å². The van der Waals surface area contributed by atoms with Crippen molar-refractivity contribution in [3.8, 4) is 5.75 Å². The first-order chi connectivity index (χ1) is 12.4. The highest BCUT2D eigenvalue weighted by molar-refractivity contribution is 6.35. The Morgan fingerprint density at radius 1 is 1.42 bits per heavy atom. The number of allylic oxidation sites excluding steroid dienone is 3. The first-order valence-electron chi connectivity index (χ1n) is 8.62. The Kier molecular flexibility index (Phi) is 7.73. The molecule has 140 valence electrons. The van der Waals surface area contributed by atoms with Crippen molar-refractivity contribution in [2.45, 2.75) is 39.5 Å². The summed E-state index contributed by atoms with van der Waals surface area (Å²) in [6, 6.07) is 5.05. The number of carbonyl (C=O) groups is 1. The number of hydrogen-bond acceptors (Lipinski definition) is 3. The van der Waals surface area contributed by atoms with E-state index in [4.69, 9.17) is 27.9 Å². The molecule has 2 rings (SSSR count). The molecule has 1 aliphatic carbocycles. The Hall–Kier alpha value is -1.78. The van der Waals surface area contributed by atoms with E-state index in [1.807, 2.05) is 13.8 Å². The number of hydrogen-bond donors (Lipinski definition) is 1. The van der Waals surface area contributed by atoms with Crippen molar-refractivity contribution in [3.63, 3.8) is 0 Å². The molecule has 6 heteroatoms. The Bertz CT molecular complexity index is 741. The summed E-state index contributed by atoms with van der Waals surface area (Å²) < 4.78 is 5.57. The van der Waals surface area contributed by atoms with Crippen LogP contribution in [0.3, 0.4) is 0 Å². The Balaban J connectivity index is 1.75. The zero-order valence-corrected chi connectivity index (χ0v) is 16.7. The molecule has 1 N–H and O–H groups in total. The minimum absolute atomic E-state index is 0.131. The lowest BCUT2D eigenvalue weighted by atomic mass is 9.85. The Labute approximate surface area is 164 Å². The lowest BCUT2D eigenvalue weighted by molar-refractivity contribution is -0.121. The third-order valence-electron chi connectivity index (χ3n) is 4.32. The van der Waals surface area contributed by atoms with Crippen LogP contribution in [0.2, 0.25) is 10.0 Å². The topological polar surface area (TPSA) is 50.7 Å². The van der Waals surface area contributed by atoms with E-state index in [-0.39, 0.29) is 5.91 Å². The van der Waals surface area contributed by atoms with Crippen LogP contribution in [0.4, 0.5) is 0 Å². The van der Waals surface area contributed by atoms with Crippen LogP contribution >= 0.6 is 23.2 Å². The summed E-state index contributed by atoms with van der Waals surface area (Å²) in [6.07, 6.45) is 4.85. The quantitative estimate of drug-likeness (QED) is 0.374. The van der Waals surface area contributed by atoms with E-state index < -0.39 is 0 Å². The van der Waals surface area contributed by atoms with Crippen molar-refractivity contribution in [1.82, 2.24) is 5.43 Å². The predicted octanol–water partition coefficient (Wildman–Crippen LogP) is 5.56. The Morgan fingerprint density at radius 2 is 2.19 bits per heavy atom. The van der Waals surface area contributed by atoms with Crippen LogP contribution in [0.25, 0.3) is 0 Å². The van der Waals surface area contributed by atoms with Gasteiger partial charge in [-0.15, -0.1) is 0 Å². The van der Waals surface area contributed by atoms with Gasteiger partial charge in [0, 0.05) is 11.4 Å². The van der Waals surface area contributed by atoms with E-state index >= 15 is 0 Å². The highest BCUT2D eigenvalue weighted by Crippen LogP contribution is 2.28.